The molecule has 2 heterocycles. The first-order valence-corrected chi connectivity index (χ1v) is 12.5. The van der Waals surface area contributed by atoms with E-state index in [-0.39, 0.29) is 20.1 Å². The number of pyridine rings is 1. The van der Waals surface area contributed by atoms with Gasteiger partial charge in [0.05, 0.1) is 5.82 Å². The van der Waals surface area contributed by atoms with Gasteiger partial charge in [-0.1, -0.05) is 66.7 Å². The van der Waals surface area contributed by atoms with Crippen LogP contribution in [-0.4, -0.2) is 15.0 Å². The van der Waals surface area contributed by atoms with Gasteiger partial charge in [0.1, 0.15) is 0 Å². The van der Waals surface area contributed by atoms with Gasteiger partial charge in [-0.2, -0.15) is 0 Å². The van der Waals surface area contributed by atoms with Crippen molar-refractivity contribution < 1.29 is 20.1 Å². The monoisotopic (exact) mass is 682 g/mol. The minimum atomic E-state index is 0. The zero-order chi connectivity index (χ0) is 26.2. The van der Waals surface area contributed by atoms with Gasteiger partial charge in [0.15, 0.2) is 0 Å². The molecule has 0 saturated carbocycles. The van der Waals surface area contributed by atoms with Gasteiger partial charge in [-0.25, -0.2) is 0 Å². The summed E-state index contributed by atoms with van der Waals surface area (Å²) in [5.74, 6) is 0.711. The van der Waals surface area contributed by atoms with Gasteiger partial charge in [-0.05, 0) is 47.4 Å². The standard InChI is InChI=1S/C18H14N.C17H13N2.Ir/c1-14-7-5-6-10-17(14)16-11-12-18(19-13-16)15-8-3-2-4-9-15;1-13-11-18-17(19-12-13)16-9-5-8-15(10-16)14-6-3-2-4-7-14;/h2-8,10-13H,1H3;2-8,10-12H,1H3;/q2*-1;. The Morgan fingerprint density at radius 3 is 1.95 bits per heavy atom. The SMILES string of the molecule is Cc1ccccc1-c1ccc(-c2[c-]cccc2)nc1.Cc1cnc(-c2[c-]ccc(-c3ccccc3)c2)nc1.[Ir]. The first kappa shape index (κ1) is 27.8. The Balaban J connectivity index is 0.000000176. The van der Waals surface area contributed by atoms with E-state index in [1.807, 2.05) is 86.2 Å². The van der Waals surface area contributed by atoms with Gasteiger partial charge in [0, 0.05) is 38.7 Å². The zero-order valence-corrected chi connectivity index (χ0v) is 24.2. The molecule has 6 aromatic rings. The molecule has 0 saturated heterocycles. The summed E-state index contributed by atoms with van der Waals surface area (Å²) in [6.45, 7) is 4.10. The molecule has 6 rings (SSSR count). The Morgan fingerprint density at radius 2 is 1.26 bits per heavy atom. The Bertz CT molecular complexity index is 1600. The normalized spacial score (nSPS) is 10.1. The van der Waals surface area contributed by atoms with E-state index in [0.29, 0.717) is 5.82 Å². The van der Waals surface area contributed by atoms with Gasteiger partial charge in [-0.15, -0.1) is 71.3 Å². The van der Waals surface area contributed by atoms with Crippen molar-refractivity contribution in [2.24, 2.45) is 0 Å². The minimum absolute atomic E-state index is 0. The molecule has 0 atom stereocenters. The maximum atomic E-state index is 4.54. The minimum Gasteiger partial charge on any atom is -0.304 e. The van der Waals surface area contributed by atoms with Crippen LogP contribution in [0, 0.1) is 26.0 Å². The third kappa shape index (κ3) is 7.20. The molecule has 3 nitrogen and oxygen atoms in total. The van der Waals surface area contributed by atoms with Gasteiger partial charge in [0.2, 0.25) is 0 Å². The molecule has 0 aliphatic carbocycles. The molecule has 0 amide bonds. The predicted molar refractivity (Wildman–Crippen MR) is 155 cm³/mol. The molecule has 0 fully saturated rings. The quantitative estimate of drug-likeness (QED) is 0.175. The fraction of sp³-hybridized carbons (Fsp3) is 0.0571. The molecular formula is C35H27IrN3-2. The summed E-state index contributed by atoms with van der Waals surface area (Å²) in [4.78, 5) is 13.2. The van der Waals surface area contributed by atoms with Crippen LogP contribution in [0.1, 0.15) is 11.1 Å². The third-order valence-electron chi connectivity index (χ3n) is 6.14. The van der Waals surface area contributed by atoms with Crippen molar-refractivity contribution in [1.82, 2.24) is 15.0 Å². The van der Waals surface area contributed by atoms with Crippen molar-refractivity contribution in [3.8, 4) is 44.9 Å². The van der Waals surface area contributed by atoms with Crippen molar-refractivity contribution in [2.45, 2.75) is 13.8 Å². The summed E-state index contributed by atoms with van der Waals surface area (Å²) in [5, 5.41) is 0. The van der Waals surface area contributed by atoms with Crippen LogP contribution < -0.4 is 0 Å². The molecule has 0 aliphatic rings. The molecule has 0 aliphatic heterocycles. The van der Waals surface area contributed by atoms with E-state index < -0.39 is 0 Å². The van der Waals surface area contributed by atoms with Crippen LogP contribution in [0.4, 0.5) is 0 Å². The second-order valence-electron chi connectivity index (χ2n) is 8.96. The summed E-state index contributed by atoms with van der Waals surface area (Å²) in [7, 11) is 0. The van der Waals surface area contributed by atoms with Crippen molar-refractivity contribution in [2.75, 3.05) is 0 Å². The summed E-state index contributed by atoms with van der Waals surface area (Å²) in [6.07, 6.45) is 5.58. The molecule has 4 heteroatoms. The number of nitrogens with zero attached hydrogens (tertiary/aromatic N) is 3. The average Bonchev–Trinajstić information content (AvgIpc) is 2.99. The van der Waals surface area contributed by atoms with Crippen molar-refractivity contribution in [1.29, 1.82) is 0 Å². The second kappa shape index (κ2) is 13.5. The fourth-order valence-corrected chi connectivity index (χ4v) is 4.10. The molecule has 0 bridgehead atoms. The Kier molecular flexibility index (Phi) is 9.63. The van der Waals surface area contributed by atoms with Gasteiger partial charge < -0.3 is 4.98 Å². The van der Waals surface area contributed by atoms with E-state index in [9.17, 15) is 0 Å². The number of hydrogen-bond acceptors (Lipinski definition) is 3. The van der Waals surface area contributed by atoms with E-state index in [0.717, 1.165) is 33.5 Å². The molecule has 39 heavy (non-hydrogen) atoms. The number of rotatable bonds is 4. The summed E-state index contributed by atoms with van der Waals surface area (Å²) >= 11 is 0. The molecule has 0 spiro atoms. The van der Waals surface area contributed by atoms with Crippen LogP contribution in [0.3, 0.4) is 0 Å². The fourth-order valence-electron chi connectivity index (χ4n) is 4.10. The molecular weight excluding hydrogens is 655 g/mol. The third-order valence-corrected chi connectivity index (χ3v) is 6.14. The molecule has 0 unspecified atom stereocenters. The Labute approximate surface area is 244 Å². The zero-order valence-electron chi connectivity index (χ0n) is 21.8. The molecule has 1 radical (unpaired) electrons. The number of benzene rings is 4. The van der Waals surface area contributed by atoms with E-state index in [1.165, 1.54) is 16.7 Å². The first-order valence-electron chi connectivity index (χ1n) is 12.5. The Hall–Kier alpha value is -4.24. The summed E-state index contributed by atoms with van der Waals surface area (Å²) in [6, 6.07) is 43.1. The molecule has 193 valence electrons. The van der Waals surface area contributed by atoms with E-state index in [4.69, 9.17) is 0 Å². The van der Waals surface area contributed by atoms with E-state index in [2.05, 4.69) is 82.5 Å². The van der Waals surface area contributed by atoms with Crippen LogP contribution >= 0.6 is 0 Å². The second-order valence-corrected chi connectivity index (χ2v) is 8.96. The summed E-state index contributed by atoms with van der Waals surface area (Å²) in [5.41, 5.74) is 9.95. The van der Waals surface area contributed by atoms with Gasteiger partial charge >= 0.3 is 0 Å². The van der Waals surface area contributed by atoms with Gasteiger partial charge in [-0.3, -0.25) is 9.97 Å². The van der Waals surface area contributed by atoms with Crippen molar-refractivity contribution in [3.05, 3.63) is 151 Å². The predicted octanol–water partition coefficient (Wildman–Crippen LogP) is 8.44. The number of aryl methyl sites for hydroxylation is 2. The van der Waals surface area contributed by atoms with E-state index >= 15 is 0 Å². The van der Waals surface area contributed by atoms with Crippen molar-refractivity contribution in [3.63, 3.8) is 0 Å². The van der Waals surface area contributed by atoms with Crippen LogP contribution in [0.2, 0.25) is 0 Å². The average molecular weight is 682 g/mol. The van der Waals surface area contributed by atoms with Crippen LogP contribution in [0.5, 0.6) is 0 Å². The van der Waals surface area contributed by atoms with Crippen molar-refractivity contribution >= 4 is 0 Å². The maximum absolute atomic E-state index is 4.54. The first-order chi connectivity index (χ1) is 18.7. The molecule has 0 N–H and O–H groups in total. The van der Waals surface area contributed by atoms with E-state index in [1.54, 1.807) is 0 Å². The smallest absolute Gasteiger partial charge is 0.0748 e. The maximum Gasteiger partial charge on any atom is 0.0748 e. The topological polar surface area (TPSA) is 38.7 Å². The largest absolute Gasteiger partial charge is 0.304 e. The summed E-state index contributed by atoms with van der Waals surface area (Å²) < 4.78 is 0. The molecule has 2 aromatic heterocycles. The van der Waals surface area contributed by atoms with Crippen LogP contribution in [0.15, 0.2) is 128 Å². The Morgan fingerprint density at radius 1 is 0.538 bits per heavy atom. The van der Waals surface area contributed by atoms with Crippen LogP contribution in [-0.2, 0) is 20.1 Å². The van der Waals surface area contributed by atoms with Crippen LogP contribution in [0.25, 0.3) is 44.9 Å². The molecule has 4 aromatic carbocycles. The number of aromatic nitrogens is 3. The van der Waals surface area contributed by atoms with Gasteiger partial charge in [0.25, 0.3) is 0 Å². The number of hydrogen-bond donors (Lipinski definition) is 0.